The number of halogens is 1. The molecule has 1 amide bonds. The van der Waals surface area contributed by atoms with Gasteiger partial charge in [0, 0.05) is 17.1 Å². The van der Waals surface area contributed by atoms with Gasteiger partial charge in [-0.25, -0.2) is 4.98 Å². The number of hydrogen-bond acceptors (Lipinski definition) is 4. The Morgan fingerprint density at radius 3 is 2.60 bits per heavy atom. The van der Waals surface area contributed by atoms with Gasteiger partial charge in [0.1, 0.15) is 0 Å². The molecule has 0 spiro atoms. The number of oxazole rings is 1. The van der Waals surface area contributed by atoms with E-state index in [0.29, 0.717) is 22.6 Å². The molecule has 0 aliphatic rings. The van der Waals surface area contributed by atoms with Crippen LogP contribution in [0.5, 0.6) is 0 Å². The summed E-state index contributed by atoms with van der Waals surface area (Å²) in [5.74, 6) is 0.850. The molecule has 0 saturated carbocycles. The number of rotatable bonds is 6. The average molecular weight is 373 g/mol. The molecule has 3 aromatic rings. The van der Waals surface area contributed by atoms with Gasteiger partial charge < -0.3 is 9.73 Å². The van der Waals surface area contributed by atoms with Gasteiger partial charge in [-0.05, 0) is 36.8 Å². The van der Waals surface area contributed by atoms with Gasteiger partial charge in [0.05, 0.1) is 11.9 Å². The number of hydrogen-bond donors (Lipinski definition) is 1. The number of nitrogens with one attached hydrogen (secondary N) is 1. The van der Waals surface area contributed by atoms with Crippen LogP contribution in [0.4, 0.5) is 0 Å². The number of amides is 1. The number of nitrogens with zero attached hydrogens (tertiary/aromatic N) is 1. The fourth-order valence-corrected chi connectivity index (χ4v) is 2.92. The second-order valence-corrected chi connectivity index (χ2v) is 6.91. The van der Waals surface area contributed by atoms with Crippen LogP contribution in [-0.2, 0) is 11.3 Å². The van der Waals surface area contributed by atoms with Crippen molar-refractivity contribution >= 4 is 29.3 Å². The minimum Gasteiger partial charge on any atom is -0.431 e. The van der Waals surface area contributed by atoms with Gasteiger partial charge >= 0.3 is 0 Å². The molecule has 0 saturated heterocycles. The van der Waals surface area contributed by atoms with Gasteiger partial charge in [-0.3, -0.25) is 4.79 Å². The largest absolute Gasteiger partial charge is 0.431 e. The highest BCUT2D eigenvalue weighted by atomic mass is 35.5. The topological polar surface area (TPSA) is 55.1 Å². The second kappa shape index (κ2) is 8.23. The molecule has 1 heterocycles. The molecular formula is C19H17ClN2O2S. The molecule has 25 heavy (non-hydrogen) atoms. The van der Waals surface area contributed by atoms with E-state index in [0.717, 1.165) is 11.1 Å². The van der Waals surface area contributed by atoms with E-state index in [9.17, 15) is 4.79 Å². The van der Waals surface area contributed by atoms with Crippen LogP contribution in [-0.4, -0.2) is 16.6 Å². The number of carbonyl (C=O) groups excluding carboxylic acids is 1. The molecule has 1 N–H and O–H groups in total. The summed E-state index contributed by atoms with van der Waals surface area (Å²) in [5, 5.41) is 4.03. The third kappa shape index (κ3) is 5.11. The Morgan fingerprint density at radius 1 is 1.16 bits per heavy atom. The Balaban J connectivity index is 1.49. The van der Waals surface area contributed by atoms with Crippen LogP contribution < -0.4 is 5.32 Å². The molecule has 2 aromatic carbocycles. The molecule has 6 heteroatoms. The van der Waals surface area contributed by atoms with E-state index in [1.165, 1.54) is 17.3 Å². The fraction of sp³-hybridized carbons (Fsp3) is 0.158. The maximum absolute atomic E-state index is 12.0. The molecule has 1 aromatic heterocycles. The van der Waals surface area contributed by atoms with Gasteiger partial charge in [0.25, 0.3) is 5.22 Å². The lowest BCUT2D eigenvalue weighted by Gasteiger charge is -2.04. The molecule has 0 fully saturated rings. The minimum absolute atomic E-state index is 0.0585. The first kappa shape index (κ1) is 17.6. The standard InChI is InChI=1S/C19H17ClN2O2S/c1-13-2-4-14(5-3-13)10-21-18(23)12-25-19-22-11-17(24-19)15-6-8-16(20)9-7-15/h2-9,11H,10,12H2,1H3,(H,21,23). The Kier molecular flexibility index (Phi) is 5.79. The van der Waals surface area contributed by atoms with Crippen molar-refractivity contribution < 1.29 is 9.21 Å². The number of benzene rings is 2. The van der Waals surface area contributed by atoms with E-state index >= 15 is 0 Å². The van der Waals surface area contributed by atoms with Crippen LogP contribution in [0.1, 0.15) is 11.1 Å². The predicted octanol–water partition coefficient (Wildman–Crippen LogP) is 4.71. The summed E-state index contributed by atoms with van der Waals surface area (Å²) in [6.07, 6.45) is 1.65. The van der Waals surface area contributed by atoms with Crippen LogP contribution in [0.25, 0.3) is 11.3 Å². The smallest absolute Gasteiger partial charge is 0.256 e. The molecule has 0 aliphatic carbocycles. The van der Waals surface area contributed by atoms with Crippen molar-refractivity contribution in [3.8, 4) is 11.3 Å². The minimum atomic E-state index is -0.0585. The lowest BCUT2D eigenvalue weighted by atomic mass is 10.1. The Bertz CT molecular complexity index is 845. The summed E-state index contributed by atoms with van der Waals surface area (Å²) in [6.45, 7) is 2.55. The van der Waals surface area contributed by atoms with E-state index in [1.807, 2.05) is 43.3 Å². The van der Waals surface area contributed by atoms with E-state index in [-0.39, 0.29) is 11.7 Å². The van der Waals surface area contributed by atoms with E-state index < -0.39 is 0 Å². The van der Waals surface area contributed by atoms with E-state index in [1.54, 1.807) is 18.3 Å². The van der Waals surface area contributed by atoms with Gasteiger partial charge in [-0.15, -0.1) is 0 Å². The molecule has 128 valence electrons. The molecular weight excluding hydrogens is 356 g/mol. The highest BCUT2D eigenvalue weighted by Gasteiger charge is 2.09. The summed E-state index contributed by atoms with van der Waals surface area (Å²) < 4.78 is 5.66. The molecule has 0 radical (unpaired) electrons. The van der Waals surface area contributed by atoms with Crippen molar-refractivity contribution in [2.75, 3.05) is 5.75 Å². The lowest BCUT2D eigenvalue weighted by molar-refractivity contribution is -0.118. The number of thioether (sulfide) groups is 1. The summed E-state index contributed by atoms with van der Waals surface area (Å²) in [4.78, 5) is 16.2. The number of aryl methyl sites for hydroxylation is 1. The summed E-state index contributed by atoms with van der Waals surface area (Å²) in [7, 11) is 0. The first-order chi connectivity index (χ1) is 12.1. The van der Waals surface area contributed by atoms with Crippen LogP contribution in [0.3, 0.4) is 0 Å². The Labute approximate surface area is 155 Å². The van der Waals surface area contributed by atoms with Gasteiger partial charge in [-0.1, -0.05) is 53.2 Å². The lowest BCUT2D eigenvalue weighted by Crippen LogP contribution is -2.24. The molecule has 0 aliphatic heterocycles. The first-order valence-corrected chi connectivity index (χ1v) is 9.13. The van der Waals surface area contributed by atoms with Gasteiger partial charge in [0.2, 0.25) is 5.91 Å². The normalized spacial score (nSPS) is 10.6. The molecule has 0 bridgehead atoms. The quantitative estimate of drug-likeness (QED) is 0.636. The maximum atomic E-state index is 12.0. The highest BCUT2D eigenvalue weighted by molar-refractivity contribution is 7.99. The number of carbonyl (C=O) groups is 1. The van der Waals surface area contributed by atoms with E-state index in [4.69, 9.17) is 16.0 Å². The first-order valence-electron chi connectivity index (χ1n) is 7.77. The van der Waals surface area contributed by atoms with Crippen molar-refractivity contribution in [1.82, 2.24) is 10.3 Å². The zero-order valence-corrected chi connectivity index (χ0v) is 15.2. The van der Waals surface area contributed by atoms with Crippen LogP contribution >= 0.6 is 23.4 Å². The Morgan fingerprint density at radius 2 is 1.88 bits per heavy atom. The van der Waals surface area contributed by atoms with Gasteiger partial charge in [-0.2, -0.15) is 0 Å². The molecule has 0 atom stereocenters. The third-order valence-electron chi connectivity index (χ3n) is 3.55. The molecule has 0 unspecified atom stereocenters. The SMILES string of the molecule is Cc1ccc(CNC(=O)CSc2ncc(-c3ccc(Cl)cc3)o2)cc1. The fourth-order valence-electron chi connectivity index (χ4n) is 2.16. The van der Waals surface area contributed by atoms with Crippen LogP contribution in [0, 0.1) is 6.92 Å². The maximum Gasteiger partial charge on any atom is 0.256 e. The van der Waals surface area contributed by atoms with E-state index in [2.05, 4.69) is 10.3 Å². The monoisotopic (exact) mass is 372 g/mol. The molecule has 4 nitrogen and oxygen atoms in total. The van der Waals surface area contributed by atoms with Crippen LogP contribution in [0.2, 0.25) is 5.02 Å². The summed E-state index contributed by atoms with van der Waals surface area (Å²) >= 11 is 7.14. The zero-order valence-electron chi connectivity index (χ0n) is 13.7. The van der Waals surface area contributed by atoms with Crippen molar-refractivity contribution in [2.45, 2.75) is 18.7 Å². The molecule has 3 rings (SSSR count). The van der Waals surface area contributed by atoms with Crippen molar-refractivity contribution in [2.24, 2.45) is 0 Å². The van der Waals surface area contributed by atoms with Crippen molar-refractivity contribution in [1.29, 1.82) is 0 Å². The Hall–Kier alpha value is -2.24. The zero-order chi connectivity index (χ0) is 17.6. The highest BCUT2D eigenvalue weighted by Crippen LogP contribution is 2.26. The predicted molar refractivity (Wildman–Crippen MR) is 101 cm³/mol. The summed E-state index contributed by atoms with van der Waals surface area (Å²) in [6, 6.07) is 15.4. The van der Waals surface area contributed by atoms with Crippen molar-refractivity contribution in [3.05, 3.63) is 70.9 Å². The summed E-state index contributed by atoms with van der Waals surface area (Å²) in [5.41, 5.74) is 3.17. The number of aromatic nitrogens is 1. The van der Waals surface area contributed by atoms with Crippen molar-refractivity contribution in [3.63, 3.8) is 0 Å². The van der Waals surface area contributed by atoms with Crippen LogP contribution in [0.15, 0.2) is 64.4 Å². The van der Waals surface area contributed by atoms with Gasteiger partial charge in [0.15, 0.2) is 5.76 Å². The second-order valence-electron chi connectivity index (χ2n) is 5.55. The third-order valence-corrected chi connectivity index (χ3v) is 4.64. The average Bonchev–Trinajstić information content (AvgIpc) is 3.09.